The molecule has 0 bridgehead atoms. The van der Waals surface area contributed by atoms with Crippen LogP contribution in [0.2, 0.25) is 0 Å². The zero-order valence-electron chi connectivity index (χ0n) is 6.51. The predicted molar refractivity (Wildman–Crippen MR) is 49.4 cm³/mol. The van der Waals surface area contributed by atoms with E-state index in [2.05, 4.69) is 10.2 Å². The van der Waals surface area contributed by atoms with Crippen LogP contribution in [-0.4, -0.2) is 26.7 Å². The van der Waals surface area contributed by atoms with Gasteiger partial charge >= 0.3 is 0 Å². The summed E-state index contributed by atoms with van der Waals surface area (Å²) >= 11 is 3.20. The molecule has 1 aliphatic carbocycles. The molecular weight excluding hydrogens is 192 g/mol. The molecule has 0 aromatic carbocycles. The molecule has 0 radical (unpaired) electrons. The zero-order valence-corrected chi connectivity index (χ0v) is 8.14. The van der Waals surface area contributed by atoms with Gasteiger partial charge in [0.15, 0.2) is 4.34 Å². The molecule has 2 rings (SSSR count). The molecule has 1 aliphatic rings. The topological polar surface area (TPSA) is 46.0 Å². The van der Waals surface area contributed by atoms with Crippen molar-refractivity contribution in [2.45, 2.75) is 35.0 Å². The Morgan fingerprint density at radius 3 is 3.08 bits per heavy atom. The van der Waals surface area contributed by atoms with Crippen molar-refractivity contribution in [1.29, 1.82) is 0 Å². The third kappa shape index (κ3) is 1.78. The first-order chi connectivity index (χ1) is 5.86. The number of aromatic nitrogens is 2. The molecule has 0 saturated heterocycles. The molecule has 12 heavy (non-hydrogen) atoms. The van der Waals surface area contributed by atoms with Crippen LogP contribution in [0, 0.1) is 0 Å². The van der Waals surface area contributed by atoms with Gasteiger partial charge in [0.1, 0.15) is 5.51 Å². The highest BCUT2D eigenvalue weighted by molar-refractivity contribution is 8.01. The highest BCUT2D eigenvalue weighted by Gasteiger charge is 2.26. The molecule has 1 aromatic rings. The Morgan fingerprint density at radius 2 is 2.50 bits per heavy atom. The van der Waals surface area contributed by atoms with Gasteiger partial charge in [0.2, 0.25) is 0 Å². The van der Waals surface area contributed by atoms with E-state index < -0.39 is 0 Å². The summed E-state index contributed by atoms with van der Waals surface area (Å²) in [5, 5.41) is 17.6. The van der Waals surface area contributed by atoms with Crippen LogP contribution in [0.4, 0.5) is 0 Å². The lowest BCUT2D eigenvalue weighted by Gasteiger charge is -2.10. The number of thioether (sulfide) groups is 1. The van der Waals surface area contributed by atoms with E-state index in [0.717, 1.165) is 23.6 Å². The second-order valence-electron chi connectivity index (χ2n) is 2.86. The van der Waals surface area contributed by atoms with Gasteiger partial charge in [0.25, 0.3) is 0 Å². The molecule has 0 aliphatic heterocycles. The maximum Gasteiger partial charge on any atom is 0.174 e. The van der Waals surface area contributed by atoms with E-state index in [1.165, 1.54) is 0 Å². The first kappa shape index (κ1) is 8.47. The molecule has 1 N–H and O–H groups in total. The van der Waals surface area contributed by atoms with Gasteiger partial charge in [0, 0.05) is 5.25 Å². The Balaban J connectivity index is 1.95. The first-order valence-electron chi connectivity index (χ1n) is 3.97. The highest BCUT2D eigenvalue weighted by Crippen LogP contribution is 2.35. The van der Waals surface area contributed by atoms with Gasteiger partial charge in [-0.25, -0.2) is 0 Å². The van der Waals surface area contributed by atoms with Crippen LogP contribution in [0.15, 0.2) is 9.85 Å². The molecule has 1 fully saturated rings. The monoisotopic (exact) mass is 202 g/mol. The van der Waals surface area contributed by atoms with Crippen LogP contribution in [0.1, 0.15) is 19.3 Å². The fourth-order valence-electron chi connectivity index (χ4n) is 1.39. The normalized spacial score (nSPS) is 29.4. The minimum Gasteiger partial charge on any atom is -0.392 e. The van der Waals surface area contributed by atoms with Crippen LogP contribution in [0.25, 0.3) is 0 Å². The largest absolute Gasteiger partial charge is 0.392 e. The van der Waals surface area contributed by atoms with E-state index in [0.29, 0.717) is 5.25 Å². The maximum atomic E-state index is 9.52. The van der Waals surface area contributed by atoms with Gasteiger partial charge in [-0.1, -0.05) is 23.1 Å². The van der Waals surface area contributed by atoms with E-state index in [-0.39, 0.29) is 6.10 Å². The lowest BCUT2D eigenvalue weighted by Crippen LogP contribution is -2.14. The van der Waals surface area contributed by atoms with Crippen LogP contribution in [-0.2, 0) is 0 Å². The quantitative estimate of drug-likeness (QED) is 0.790. The SMILES string of the molecule is O[C@H]1CCC[C@@H]1Sc1nncs1. The van der Waals surface area contributed by atoms with Crippen molar-refractivity contribution in [1.82, 2.24) is 10.2 Å². The summed E-state index contributed by atoms with van der Waals surface area (Å²) in [7, 11) is 0. The summed E-state index contributed by atoms with van der Waals surface area (Å²) < 4.78 is 0.973. The molecule has 1 aromatic heterocycles. The Labute approximate surface area is 79.2 Å². The number of rotatable bonds is 2. The van der Waals surface area contributed by atoms with E-state index in [1.54, 1.807) is 28.6 Å². The number of hydrogen-bond acceptors (Lipinski definition) is 5. The smallest absolute Gasteiger partial charge is 0.174 e. The summed E-state index contributed by atoms with van der Waals surface area (Å²) in [5.74, 6) is 0. The molecule has 0 amide bonds. The Kier molecular flexibility index (Phi) is 2.63. The van der Waals surface area contributed by atoms with E-state index in [9.17, 15) is 5.11 Å². The summed E-state index contributed by atoms with van der Waals surface area (Å²) in [4.78, 5) is 0. The zero-order chi connectivity index (χ0) is 8.39. The average Bonchev–Trinajstić information content (AvgIpc) is 2.65. The first-order valence-corrected chi connectivity index (χ1v) is 5.73. The van der Waals surface area contributed by atoms with E-state index in [1.807, 2.05) is 0 Å². The van der Waals surface area contributed by atoms with Gasteiger partial charge < -0.3 is 5.11 Å². The second-order valence-corrected chi connectivity index (χ2v) is 5.18. The molecule has 5 heteroatoms. The van der Waals surface area contributed by atoms with Gasteiger partial charge in [-0.05, 0) is 19.3 Å². The summed E-state index contributed by atoms with van der Waals surface area (Å²) in [6.07, 6.45) is 3.04. The van der Waals surface area contributed by atoms with Crippen LogP contribution in [0.3, 0.4) is 0 Å². The van der Waals surface area contributed by atoms with Crippen LogP contribution >= 0.6 is 23.1 Å². The Hall–Kier alpha value is -0.130. The highest BCUT2D eigenvalue weighted by atomic mass is 32.2. The molecule has 0 spiro atoms. The molecule has 1 saturated carbocycles. The van der Waals surface area contributed by atoms with Crippen molar-refractivity contribution in [2.24, 2.45) is 0 Å². The Bertz CT molecular complexity index is 240. The second kappa shape index (κ2) is 3.72. The van der Waals surface area contributed by atoms with Gasteiger partial charge in [0.05, 0.1) is 6.10 Å². The minimum atomic E-state index is -0.140. The van der Waals surface area contributed by atoms with Crippen molar-refractivity contribution >= 4 is 23.1 Å². The number of aliphatic hydroxyl groups is 1. The maximum absolute atomic E-state index is 9.52. The van der Waals surface area contributed by atoms with E-state index >= 15 is 0 Å². The van der Waals surface area contributed by atoms with Gasteiger partial charge in [-0.3, -0.25) is 0 Å². The van der Waals surface area contributed by atoms with Crippen molar-refractivity contribution in [3.8, 4) is 0 Å². The fourth-order valence-corrected chi connectivity index (χ4v) is 3.32. The lowest BCUT2D eigenvalue weighted by atomic mass is 10.3. The average molecular weight is 202 g/mol. The third-order valence-electron chi connectivity index (χ3n) is 2.01. The molecule has 0 unspecified atom stereocenters. The number of hydrogen-bond donors (Lipinski definition) is 1. The molecular formula is C7H10N2OS2. The van der Waals surface area contributed by atoms with E-state index in [4.69, 9.17) is 0 Å². The number of aliphatic hydroxyl groups excluding tert-OH is 1. The molecule has 66 valence electrons. The fraction of sp³-hybridized carbons (Fsp3) is 0.714. The lowest BCUT2D eigenvalue weighted by molar-refractivity contribution is 0.188. The van der Waals surface area contributed by atoms with Crippen molar-refractivity contribution in [2.75, 3.05) is 0 Å². The molecule has 2 atom stereocenters. The predicted octanol–water partition coefficient (Wildman–Crippen LogP) is 1.54. The van der Waals surface area contributed by atoms with Crippen molar-refractivity contribution in [3.63, 3.8) is 0 Å². The molecule has 3 nitrogen and oxygen atoms in total. The van der Waals surface area contributed by atoms with Gasteiger partial charge in [-0.2, -0.15) is 0 Å². The van der Waals surface area contributed by atoms with Crippen LogP contribution < -0.4 is 0 Å². The summed E-state index contributed by atoms with van der Waals surface area (Å²) in [6, 6.07) is 0. The third-order valence-corrected chi connectivity index (χ3v) is 4.21. The van der Waals surface area contributed by atoms with Gasteiger partial charge in [-0.15, -0.1) is 10.2 Å². The summed E-state index contributed by atoms with van der Waals surface area (Å²) in [6.45, 7) is 0. The number of nitrogens with zero attached hydrogens (tertiary/aromatic N) is 2. The summed E-state index contributed by atoms with van der Waals surface area (Å²) in [5.41, 5.74) is 1.73. The minimum absolute atomic E-state index is 0.140. The van der Waals surface area contributed by atoms with Crippen LogP contribution in [0.5, 0.6) is 0 Å². The van der Waals surface area contributed by atoms with Crippen molar-refractivity contribution in [3.05, 3.63) is 5.51 Å². The Morgan fingerprint density at radius 1 is 1.58 bits per heavy atom. The standard InChI is InChI=1S/C7H10N2OS2/c10-5-2-1-3-6(5)12-7-9-8-4-11-7/h4-6,10H,1-3H2/t5-,6-/m0/s1. The molecule has 1 heterocycles. The van der Waals surface area contributed by atoms with Crippen molar-refractivity contribution < 1.29 is 5.11 Å².